The number of fused-ring (bicyclic) bond motifs is 1. The zero-order valence-corrected chi connectivity index (χ0v) is 13.0. The highest BCUT2D eigenvalue weighted by atomic mass is 32.1. The van der Waals surface area contributed by atoms with E-state index in [2.05, 4.69) is 40.7 Å². The van der Waals surface area contributed by atoms with Gasteiger partial charge in [0.25, 0.3) is 0 Å². The molecule has 0 aliphatic rings. The molecule has 0 saturated heterocycles. The summed E-state index contributed by atoms with van der Waals surface area (Å²) in [6, 6.07) is 14.4. The van der Waals surface area contributed by atoms with Gasteiger partial charge in [-0.25, -0.2) is 0 Å². The highest BCUT2D eigenvalue weighted by Crippen LogP contribution is 2.21. The number of H-pyrrole nitrogens is 1. The maximum Gasteiger partial charge on any atom is 0.178 e. The molecule has 0 unspecified atom stereocenters. The molecule has 0 amide bonds. The fraction of sp³-hybridized carbons (Fsp3) is 0.235. The van der Waals surface area contributed by atoms with Gasteiger partial charge < -0.3 is 14.3 Å². The second-order valence-electron chi connectivity index (χ2n) is 5.11. The molecule has 3 aromatic rings. The van der Waals surface area contributed by atoms with Crippen molar-refractivity contribution in [3.05, 3.63) is 58.4 Å². The Balaban J connectivity index is 1.94. The van der Waals surface area contributed by atoms with Crippen molar-refractivity contribution in [1.29, 1.82) is 0 Å². The van der Waals surface area contributed by atoms with E-state index in [0.717, 1.165) is 34.5 Å². The highest BCUT2D eigenvalue weighted by Gasteiger charge is 2.07. The molecule has 3 rings (SSSR count). The summed E-state index contributed by atoms with van der Waals surface area (Å²) in [4.78, 5) is 3.31. The minimum Gasteiger partial charge on any atom is -0.496 e. The van der Waals surface area contributed by atoms with E-state index in [1.54, 1.807) is 7.11 Å². The molecular formula is C17H18N2OS. The molecule has 1 heterocycles. The van der Waals surface area contributed by atoms with Crippen molar-refractivity contribution in [2.75, 3.05) is 7.11 Å². The number of benzene rings is 2. The highest BCUT2D eigenvalue weighted by molar-refractivity contribution is 7.71. The Morgan fingerprint density at radius 2 is 1.95 bits per heavy atom. The number of aromatic amines is 1. The van der Waals surface area contributed by atoms with Crippen molar-refractivity contribution in [2.45, 2.75) is 19.9 Å². The van der Waals surface area contributed by atoms with Crippen LogP contribution in [-0.4, -0.2) is 16.7 Å². The minimum atomic E-state index is 0.772. The van der Waals surface area contributed by atoms with E-state index >= 15 is 0 Å². The minimum absolute atomic E-state index is 0.772. The zero-order valence-electron chi connectivity index (χ0n) is 12.2. The van der Waals surface area contributed by atoms with Crippen LogP contribution in [0, 0.1) is 11.7 Å². The molecule has 0 aliphatic heterocycles. The first kappa shape index (κ1) is 13.9. The van der Waals surface area contributed by atoms with Gasteiger partial charge in [-0.15, -0.1) is 0 Å². The lowest BCUT2D eigenvalue weighted by Crippen LogP contribution is -2.02. The van der Waals surface area contributed by atoms with Crippen molar-refractivity contribution in [3.63, 3.8) is 0 Å². The summed E-state index contributed by atoms with van der Waals surface area (Å²) in [7, 11) is 1.71. The van der Waals surface area contributed by atoms with Crippen LogP contribution in [0.1, 0.15) is 11.1 Å². The van der Waals surface area contributed by atoms with Crippen LogP contribution < -0.4 is 4.74 Å². The molecule has 21 heavy (non-hydrogen) atoms. The van der Waals surface area contributed by atoms with Gasteiger partial charge in [0.05, 0.1) is 18.1 Å². The molecule has 2 aromatic carbocycles. The van der Waals surface area contributed by atoms with Crippen molar-refractivity contribution in [1.82, 2.24) is 9.55 Å². The molecule has 108 valence electrons. The summed E-state index contributed by atoms with van der Waals surface area (Å²) in [5, 5.41) is 0. The fourth-order valence-electron chi connectivity index (χ4n) is 2.69. The topological polar surface area (TPSA) is 29.9 Å². The van der Waals surface area contributed by atoms with E-state index in [9.17, 15) is 0 Å². The lowest BCUT2D eigenvalue weighted by atomic mass is 10.1. The molecule has 0 fully saturated rings. The molecule has 0 bridgehead atoms. The Morgan fingerprint density at radius 3 is 2.76 bits per heavy atom. The Labute approximate surface area is 129 Å². The summed E-state index contributed by atoms with van der Waals surface area (Å²) in [6.07, 6.45) is 0.888. The van der Waals surface area contributed by atoms with Crippen molar-refractivity contribution >= 4 is 23.3 Å². The molecule has 0 spiro atoms. The third kappa shape index (κ3) is 2.59. The lowest BCUT2D eigenvalue weighted by molar-refractivity contribution is 0.408. The number of imidazole rings is 1. The van der Waals surface area contributed by atoms with Gasteiger partial charge in [0.2, 0.25) is 0 Å². The molecule has 1 N–H and O–H groups in total. The Morgan fingerprint density at radius 1 is 1.14 bits per heavy atom. The van der Waals surface area contributed by atoms with Gasteiger partial charge in [-0.1, -0.05) is 30.3 Å². The van der Waals surface area contributed by atoms with E-state index in [1.807, 2.05) is 18.2 Å². The zero-order chi connectivity index (χ0) is 14.8. The summed E-state index contributed by atoms with van der Waals surface area (Å²) >= 11 is 5.47. The molecule has 4 heteroatoms. The van der Waals surface area contributed by atoms with Crippen LogP contribution in [0.2, 0.25) is 0 Å². The van der Waals surface area contributed by atoms with Crippen LogP contribution in [0.3, 0.4) is 0 Å². The van der Waals surface area contributed by atoms with E-state index in [4.69, 9.17) is 17.0 Å². The van der Waals surface area contributed by atoms with Crippen LogP contribution in [0.25, 0.3) is 11.0 Å². The summed E-state index contributed by atoms with van der Waals surface area (Å²) in [5.74, 6) is 0.931. The normalized spacial score (nSPS) is 11.0. The number of rotatable bonds is 4. The molecule has 1 aromatic heterocycles. The smallest absolute Gasteiger partial charge is 0.178 e. The maximum absolute atomic E-state index is 5.47. The summed E-state index contributed by atoms with van der Waals surface area (Å²) in [5.41, 5.74) is 4.70. The molecular weight excluding hydrogens is 280 g/mol. The number of nitrogens with one attached hydrogen (secondary N) is 1. The summed E-state index contributed by atoms with van der Waals surface area (Å²) in [6.45, 7) is 2.93. The van der Waals surface area contributed by atoms with Gasteiger partial charge in [-0.05, 0) is 48.8 Å². The molecule has 3 nitrogen and oxygen atoms in total. The molecule has 0 aliphatic carbocycles. The van der Waals surface area contributed by atoms with E-state index < -0.39 is 0 Å². The predicted molar refractivity (Wildman–Crippen MR) is 88.6 cm³/mol. The van der Waals surface area contributed by atoms with E-state index in [-0.39, 0.29) is 0 Å². The van der Waals surface area contributed by atoms with Gasteiger partial charge in [0, 0.05) is 6.54 Å². The Hall–Kier alpha value is -2.07. The van der Waals surface area contributed by atoms with E-state index in [0.29, 0.717) is 0 Å². The van der Waals surface area contributed by atoms with Crippen molar-refractivity contribution in [2.24, 2.45) is 0 Å². The third-order valence-corrected chi connectivity index (χ3v) is 4.14. The van der Waals surface area contributed by atoms with Gasteiger partial charge in [0.1, 0.15) is 5.75 Å². The maximum atomic E-state index is 5.47. The number of nitrogens with zero attached hydrogens (tertiary/aromatic N) is 1. The first-order valence-corrected chi connectivity index (χ1v) is 7.41. The fourth-order valence-corrected chi connectivity index (χ4v) is 2.98. The third-order valence-electron chi connectivity index (χ3n) is 3.82. The largest absolute Gasteiger partial charge is 0.496 e. The van der Waals surface area contributed by atoms with Gasteiger partial charge >= 0.3 is 0 Å². The number of methoxy groups -OCH3 is 1. The number of aromatic nitrogens is 2. The standard InChI is InChI=1S/C17H18N2OS/c1-12-6-5-8-14-16(12)18-17(21)19(14)11-10-13-7-3-4-9-15(13)20-2/h3-9H,10-11H2,1-2H3,(H,18,21). The van der Waals surface area contributed by atoms with Crippen LogP contribution >= 0.6 is 12.2 Å². The van der Waals surface area contributed by atoms with Crippen LogP contribution in [0.5, 0.6) is 5.75 Å². The van der Waals surface area contributed by atoms with Crippen LogP contribution in [0.15, 0.2) is 42.5 Å². The predicted octanol–water partition coefficient (Wildman–Crippen LogP) is 4.26. The van der Waals surface area contributed by atoms with Crippen LogP contribution in [0.4, 0.5) is 0 Å². The first-order valence-electron chi connectivity index (χ1n) is 7.00. The number of hydrogen-bond donors (Lipinski definition) is 1. The monoisotopic (exact) mass is 298 g/mol. The number of ether oxygens (including phenoxy) is 1. The SMILES string of the molecule is COc1ccccc1CCn1c(=S)[nH]c2c(C)cccc21. The Kier molecular flexibility index (Phi) is 3.80. The van der Waals surface area contributed by atoms with Gasteiger partial charge in [-0.3, -0.25) is 0 Å². The lowest BCUT2D eigenvalue weighted by Gasteiger charge is -2.09. The summed E-state index contributed by atoms with van der Waals surface area (Å²) < 4.78 is 8.34. The van der Waals surface area contributed by atoms with Gasteiger partial charge in [0.15, 0.2) is 4.77 Å². The second-order valence-corrected chi connectivity index (χ2v) is 5.50. The van der Waals surface area contributed by atoms with Crippen molar-refractivity contribution in [3.8, 4) is 5.75 Å². The van der Waals surface area contributed by atoms with Crippen LogP contribution in [-0.2, 0) is 13.0 Å². The second kappa shape index (κ2) is 5.74. The Bertz CT molecular complexity index is 832. The molecule has 0 saturated carbocycles. The number of aryl methyl sites for hydroxylation is 3. The van der Waals surface area contributed by atoms with E-state index in [1.165, 1.54) is 11.1 Å². The number of hydrogen-bond acceptors (Lipinski definition) is 2. The molecule has 0 radical (unpaired) electrons. The first-order chi connectivity index (χ1) is 10.2. The van der Waals surface area contributed by atoms with Crippen molar-refractivity contribution < 1.29 is 4.74 Å². The quantitative estimate of drug-likeness (QED) is 0.729. The average Bonchev–Trinajstić information content (AvgIpc) is 2.83. The van der Waals surface area contributed by atoms with Gasteiger partial charge in [-0.2, -0.15) is 0 Å². The number of para-hydroxylation sites is 2. The average molecular weight is 298 g/mol. The molecule has 0 atom stereocenters.